The van der Waals surface area contributed by atoms with Gasteiger partial charge in [0.2, 0.25) is 0 Å². The van der Waals surface area contributed by atoms with Gasteiger partial charge >= 0.3 is 5.97 Å². The molecular weight excluding hydrogens is 325 g/mol. The molecule has 2 rings (SSSR count). The number of ether oxygens (including phenoxy) is 1. The predicted molar refractivity (Wildman–Crippen MR) is 110 cm³/mol. The molecule has 0 amide bonds. The van der Waals surface area contributed by atoms with E-state index in [4.69, 9.17) is 10.5 Å². The number of nitriles is 1. The molecule has 1 heterocycles. The van der Waals surface area contributed by atoms with Crippen LogP contribution in [0.1, 0.15) is 36.9 Å². The molecule has 0 radical (unpaired) electrons. The number of esters is 1. The molecule has 0 bridgehead atoms. The first kappa shape index (κ1) is 19.7. The van der Waals surface area contributed by atoms with Crippen LogP contribution < -0.4 is 5.73 Å². The summed E-state index contributed by atoms with van der Waals surface area (Å²) in [5, 5.41) is 14.1. The van der Waals surface area contributed by atoms with Crippen LogP contribution in [0.5, 0.6) is 0 Å². The monoisotopic (exact) mass is 348 g/mol. The van der Waals surface area contributed by atoms with E-state index < -0.39 is 0 Å². The fraction of sp³-hybridized carbons (Fsp3) is 0.353. The Bertz CT molecular complexity index is 851. The fourth-order valence-corrected chi connectivity index (χ4v) is 2.66. The molecular formula is C17H23B3N4O2. The van der Waals surface area contributed by atoms with E-state index in [1.807, 2.05) is 31.2 Å². The quantitative estimate of drug-likeness (QED) is 0.598. The van der Waals surface area contributed by atoms with Crippen LogP contribution in [0.25, 0.3) is 11.3 Å². The Balaban J connectivity index is 2.46. The lowest BCUT2D eigenvalue weighted by Gasteiger charge is -2.28. The Morgan fingerprint density at radius 2 is 1.88 bits per heavy atom. The molecule has 0 saturated heterocycles. The van der Waals surface area contributed by atoms with Crippen molar-refractivity contribution >= 4 is 35.3 Å². The van der Waals surface area contributed by atoms with E-state index in [-0.39, 0.29) is 23.0 Å². The third-order valence-electron chi connectivity index (χ3n) is 4.92. The SMILES string of the molecule is BC(B)(B)C(C)n1nc(-c2ccc(C(C)C(=O)OC)cc2)c(C#N)c1N. The highest BCUT2D eigenvalue weighted by Gasteiger charge is 2.27. The van der Waals surface area contributed by atoms with Gasteiger partial charge in [0.1, 0.15) is 23.1 Å². The number of carbonyl (C=O) groups is 1. The fourth-order valence-electron chi connectivity index (χ4n) is 2.66. The Hall–Kier alpha value is -2.62. The lowest BCUT2D eigenvalue weighted by Crippen LogP contribution is -2.27. The van der Waals surface area contributed by atoms with Crippen molar-refractivity contribution in [3.05, 3.63) is 35.4 Å². The zero-order valence-corrected chi connectivity index (χ0v) is 16.2. The third-order valence-corrected chi connectivity index (χ3v) is 4.92. The van der Waals surface area contributed by atoms with Gasteiger partial charge in [-0.3, -0.25) is 4.79 Å². The zero-order valence-electron chi connectivity index (χ0n) is 16.2. The average molecular weight is 348 g/mol. The number of methoxy groups -OCH3 is 1. The number of hydrogen-bond donors (Lipinski definition) is 1. The minimum atomic E-state index is -0.354. The molecule has 0 fully saturated rings. The molecule has 0 saturated carbocycles. The van der Waals surface area contributed by atoms with E-state index in [1.54, 1.807) is 11.6 Å². The van der Waals surface area contributed by atoms with Gasteiger partial charge in [0.25, 0.3) is 0 Å². The molecule has 6 nitrogen and oxygen atoms in total. The number of nitrogens with zero attached hydrogens (tertiary/aromatic N) is 3. The second kappa shape index (κ2) is 7.32. The lowest BCUT2D eigenvalue weighted by atomic mass is 9.40. The van der Waals surface area contributed by atoms with Gasteiger partial charge in [0, 0.05) is 11.6 Å². The van der Waals surface area contributed by atoms with Crippen molar-refractivity contribution in [2.24, 2.45) is 0 Å². The summed E-state index contributed by atoms with van der Waals surface area (Å²) in [5.74, 6) is -0.270. The normalized spacial score (nSPS) is 13.6. The summed E-state index contributed by atoms with van der Waals surface area (Å²) in [6, 6.07) is 9.60. The molecule has 2 unspecified atom stereocenters. The summed E-state index contributed by atoms with van der Waals surface area (Å²) >= 11 is 0. The van der Waals surface area contributed by atoms with Crippen LogP contribution in [-0.4, -0.2) is 46.4 Å². The Labute approximate surface area is 156 Å². The van der Waals surface area contributed by atoms with E-state index in [0.29, 0.717) is 17.1 Å². The molecule has 0 aliphatic carbocycles. The average Bonchev–Trinajstić information content (AvgIpc) is 2.95. The molecule has 1 aromatic carbocycles. The van der Waals surface area contributed by atoms with E-state index >= 15 is 0 Å². The number of aromatic nitrogens is 2. The highest BCUT2D eigenvalue weighted by atomic mass is 16.5. The topological polar surface area (TPSA) is 93.9 Å². The van der Waals surface area contributed by atoms with Crippen LogP contribution in [0.4, 0.5) is 5.82 Å². The number of anilines is 1. The predicted octanol–water partition coefficient (Wildman–Crippen LogP) is -0.186. The number of rotatable bonds is 5. The molecule has 1 aromatic heterocycles. The van der Waals surface area contributed by atoms with Crippen molar-refractivity contribution < 1.29 is 9.53 Å². The number of benzene rings is 1. The molecule has 0 aliphatic heterocycles. The first-order valence-corrected chi connectivity index (χ1v) is 8.58. The highest BCUT2D eigenvalue weighted by Crippen LogP contribution is 2.35. The van der Waals surface area contributed by atoms with Gasteiger partial charge in [-0.15, -0.1) is 0 Å². The smallest absolute Gasteiger partial charge is 0.312 e. The third kappa shape index (κ3) is 3.64. The Morgan fingerprint density at radius 3 is 2.35 bits per heavy atom. The molecule has 2 atom stereocenters. The standard InChI is InChI=1S/C17H23B3N4O2/c1-9(16(25)26-3)11-4-6-12(7-5-11)14-13(8-21)15(22)24(23-14)10(2)17(18,19)20/h4-7,9-10H,18-20,22H2,1-3H3. The largest absolute Gasteiger partial charge is 0.469 e. The van der Waals surface area contributed by atoms with Crippen molar-refractivity contribution in [1.29, 1.82) is 5.26 Å². The van der Waals surface area contributed by atoms with E-state index in [1.165, 1.54) is 7.11 Å². The highest BCUT2D eigenvalue weighted by molar-refractivity contribution is 6.59. The molecule has 2 aromatic rings. The molecule has 0 aliphatic rings. The summed E-state index contributed by atoms with van der Waals surface area (Å²) in [6.45, 7) is 3.83. The molecule has 132 valence electrons. The molecule has 26 heavy (non-hydrogen) atoms. The van der Waals surface area contributed by atoms with Crippen LogP contribution in [-0.2, 0) is 9.53 Å². The molecule has 0 spiro atoms. The number of hydrogen-bond acceptors (Lipinski definition) is 5. The second-order valence-electron chi connectivity index (χ2n) is 7.57. The maximum absolute atomic E-state index is 11.7. The minimum Gasteiger partial charge on any atom is -0.469 e. The van der Waals surface area contributed by atoms with Gasteiger partial charge in [-0.25, -0.2) is 4.68 Å². The summed E-state index contributed by atoms with van der Waals surface area (Å²) in [7, 11) is 7.69. The van der Waals surface area contributed by atoms with Gasteiger partial charge in [0.15, 0.2) is 0 Å². The van der Waals surface area contributed by atoms with Crippen LogP contribution in [0, 0.1) is 11.3 Å². The maximum atomic E-state index is 11.7. The summed E-state index contributed by atoms with van der Waals surface area (Å²) in [4.78, 5) is 11.7. The van der Waals surface area contributed by atoms with E-state index in [2.05, 4.69) is 34.7 Å². The van der Waals surface area contributed by atoms with Gasteiger partial charge < -0.3 is 10.5 Å². The Morgan fingerprint density at radius 1 is 1.31 bits per heavy atom. The van der Waals surface area contributed by atoms with Gasteiger partial charge in [-0.1, -0.05) is 29.4 Å². The van der Waals surface area contributed by atoms with Gasteiger partial charge in [-0.05, 0) is 19.4 Å². The first-order valence-electron chi connectivity index (χ1n) is 8.58. The van der Waals surface area contributed by atoms with Crippen molar-refractivity contribution in [1.82, 2.24) is 9.78 Å². The van der Waals surface area contributed by atoms with Crippen molar-refractivity contribution in [3.8, 4) is 17.3 Å². The lowest BCUT2D eigenvalue weighted by molar-refractivity contribution is -0.141. The van der Waals surface area contributed by atoms with Crippen molar-refractivity contribution in [2.75, 3.05) is 12.8 Å². The summed E-state index contributed by atoms with van der Waals surface area (Å²) in [6.07, 6.45) is 0. The van der Waals surface area contributed by atoms with E-state index in [0.717, 1.165) is 11.1 Å². The summed E-state index contributed by atoms with van der Waals surface area (Å²) in [5.41, 5.74) is 8.75. The van der Waals surface area contributed by atoms with Crippen molar-refractivity contribution in [3.63, 3.8) is 0 Å². The zero-order chi connectivity index (χ0) is 19.6. The van der Waals surface area contributed by atoms with Crippen LogP contribution in [0.2, 0.25) is 5.11 Å². The van der Waals surface area contributed by atoms with Crippen molar-refractivity contribution in [2.45, 2.75) is 30.9 Å². The van der Waals surface area contributed by atoms with Gasteiger partial charge in [-0.2, -0.15) is 10.4 Å². The Kier molecular flexibility index (Phi) is 5.55. The number of nitrogens with two attached hydrogens (primary N) is 1. The first-order chi connectivity index (χ1) is 12.1. The minimum absolute atomic E-state index is 0.0296. The second-order valence-corrected chi connectivity index (χ2v) is 7.57. The molecule has 2 N–H and O–H groups in total. The van der Waals surface area contributed by atoms with Crippen LogP contribution >= 0.6 is 0 Å². The summed E-state index contributed by atoms with van der Waals surface area (Å²) < 4.78 is 6.50. The maximum Gasteiger partial charge on any atom is 0.312 e. The number of nitrogen functional groups attached to an aromatic ring is 1. The van der Waals surface area contributed by atoms with Crippen LogP contribution in [0.3, 0.4) is 0 Å². The van der Waals surface area contributed by atoms with Gasteiger partial charge in [0.05, 0.1) is 36.6 Å². The van der Waals surface area contributed by atoms with Crippen LogP contribution in [0.15, 0.2) is 24.3 Å². The number of carbonyl (C=O) groups excluding carboxylic acids is 1. The molecule has 9 heteroatoms. The van der Waals surface area contributed by atoms with E-state index in [9.17, 15) is 10.1 Å².